The van der Waals surface area contributed by atoms with Crippen LogP contribution in [0.4, 0.5) is 0 Å². The van der Waals surface area contributed by atoms with E-state index in [4.69, 9.17) is 4.52 Å². The summed E-state index contributed by atoms with van der Waals surface area (Å²) in [6.07, 6.45) is 6.29. The van der Waals surface area contributed by atoms with Gasteiger partial charge in [0.1, 0.15) is 6.26 Å². The number of likely N-dealkylation sites (tertiary alicyclic amines) is 1. The Kier molecular flexibility index (Phi) is 3.32. The SMILES string of the molecule is O=C(c1ccon1)N1CCC(NCC2CC2)CC1. The number of nitrogens with zero attached hydrogens (tertiary/aromatic N) is 2. The van der Waals surface area contributed by atoms with Crippen molar-refractivity contribution >= 4 is 5.91 Å². The minimum Gasteiger partial charge on any atom is -0.364 e. The summed E-state index contributed by atoms with van der Waals surface area (Å²) in [4.78, 5) is 13.9. The Hall–Kier alpha value is -1.36. The molecule has 1 N–H and O–H groups in total. The second-order valence-electron chi connectivity index (χ2n) is 5.30. The quantitative estimate of drug-likeness (QED) is 0.873. The van der Waals surface area contributed by atoms with E-state index in [9.17, 15) is 4.79 Å². The van der Waals surface area contributed by atoms with E-state index in [2.05, 4.69) is 10.5 Å². The molecule has 0 radical (unpaired) electrons. The maximum absolute atomic E-state index is 12.0. The third-order valence-electron chi connectivity index (χ3n) is 3.83. The van der Waals surface area contributed by atoms with Crippen molar-refractivity contribution in [3.63, 3.8) is 0 Å². The number of nitrogens with one attached hydrogen (secondary N) is 1. The van der Waals surface area contributed by atoms with Gasteiger partial charge in [-0.05, 0) is 38.1 Å². The zero-order valence-electron chi connectivity index (χ0n) is 10.5. The van der Waals surface area contributed by atoms with Gasteiger partial charge in [0.2, 0.25) is 0 Å². The van der Waals surface area contributed by atoms with Gasteiger partial charge in [-0.3, -0.25) is 4.79 Å². The lowest BCUT2D eigenvalue weighted by Gasteiger charge is -2.32. The average Bonchev–Trinajstić information content (AvgIpc) is 3.08. The molecule has 0 unspecified atom stereocenters. The van der Waals surface area contributed by atoms with Gasteiger partial charge in [-0.2, -0.15) is 0 Å². The maximum Gasteiger partial charge on any atom is 0.276 e. The molecule has 1 aliphatic carbocycles. The number of rotatable bonds is 4. The Labute approximate surface area is 107 Å². The lowest BCUT2D eigenvalue weighted by atomic mass is 10.0. The first-order chi connectivity index (χ1) is 8.83. The molecule has 3 rings (SSSR count). The molecule has 0 bridgehead atoms. The van der Waals surface area contributed by atoms with Gasteiger partial charge in [0.15, 0.2) is 5.69 Å². The normalized spacial score (nSPS) is 21.2. The summed E-state index contributed by atoms with van der Waals surface area (Å²) >= 11 is 0. The van der Waals surface area contributed by atoms with Gasteiger partial charge in [-0.1, -0.05) is 5.16 Å². The fraction of sp³-hybridized carbons (Fsp3) is 0.692. The topological polar surface area (TPSA) is 58.4 Å². The van der Waals surface area contributed by atoms with Gasteiger partial charge in [0.05, 0.1) is 0 Å². The van der Waals surface area contributed by atoms with Crippen molar-refractivity contribution in [3.8, 4) is 0 Å². The van der Waals surface area contributed by atoms with E-state index in [1.807, 2.05) is 4.90 Å². The van der Waals surface area contributed by atoms with E-state index in [0.29, 0.717) is 11.7 Å². The van der Waals surface area contributed by atoms with E-state index in [1.54, 1.807) is 6.07 Å². The average molecular weight is 249 g/mol. The molecule has 0 atom stereocenters. The Morgan fingerprint density at radius 2 is 2.17 bits per heavy atom. The molecule has 1 saturated carbocycles. The van der Waals surface area contributed by atoms with E-state index < -0.39 is 0 Å². The molecular weight excluding hydrogens is 230 g/mol. The van der Waals surface area contributed by atoms with Crippen LogP contribution in [0.1, 0.15) is 36.2 Å². The molecule has 2 heterocycles. The molecule has 0 spiro atoms. The van der Waals surface area contributed by atoms with Gasteiger partial charge in [0, 0.05) is 25.2 Å². The molecule has 1 aliphatic heterocycles. The molecule has 5 nitrogen and oxygen atoms in total. The van der Waals surface area contributed by atoms with E-state index in [1.165, 1.54) is 19.1 Å². The van der Waals surface area contributed by atoms with E-state index >= 15 is 0 Å². The van der Waals surface area contributed by atoms with Crippen LogP contribution < -0.4 is 5.32 Å². The van der Waals surface area contributed by atoms with Crippen molar-refractivity contribution in [2.24, 2.45) is 5.92 Å². The molecule has 18 heavy (non-hydrogen) atoms. The highest BCUT2D eigenvalue weighted by molar-refractivity contribution is 5.92. The van der Waals surface area contributed by atoms with Crippen LogP contribution in [0.3, 0.4) is 0 Å². The minimum absolute atomic E-state index is 0.00982. The number of amides is 1. The highest BCUT2D eigenvalue weighted by Gasteiger charge is 2.27. The molecule has 5 heteroatoms. The van der Waals surface area contributed by atoms with Crippen LogP contribution in [0.25, 0.3) is 0 Å². The Morgan fingerprint density at radius 1 is 1.39 bits per heavy atom. The zero-order valence-corrected chi connectivity index (χ0v) is 10.5. The van der Waals surface area contributed by atoms with Crippen LogP contribution >= 0.6 is 0 Å². The lowest BCUT2D eigenvalue weighted by molar-refractivity contribution is 0.0694. The largest absolute Gasteiger partial charge is 0.364 e. The number of carbonyl (C=O) groups excluding carboxylic acids is 1. The standard InChI is InChI=1S/C13H19N3O2/c17-13(12-5-8-18-15-12)16-6-3-11(4-7-16)14-9-10-1-2-10/h5,8,10-11,14H,1-4,6-7,9H2. The van der Waals surface area contributed by atoms with E-state index in [0.717, 1.165) is 38.4 Å². The summed E-state index contributed by atoms with van der Waals surface area (Å²) < 4.78 is 4.71. The number of aromatic nitrogens is 1. The summed E-state index contributed by atoms with van der Waals surface area (Å²) in [5, 5.41) is 7.30. The molecule has 1 saturated heterocycles. The fourth-order valence-electron chi connectivity index (χ4n) is 2.43. The summed E-state index contributed by atoms with van der Waals surface area (Å²) in [6, 6.07) is 2.20. The Bertz CT molecular complexity index is 392. The van der Waals surface area contributed by atoms with Crippen LogP contribution in [0.2, 0.25) is 0 Å². The summed E-state index contributed by atoms with van der Waals surface area (Å²) in [5.41, 5.74) is 0.416. The van der Waals surface area contributed by atoms with E-state index in [-0.39, 0.29) is 5.91 Å². The van der Waals surface area contributed by atoms with Crippen LogP contribution in [-0.2, 0) is 0 Å². The second-order valence-corrected chi connectivity index (χ2v) is 5.30. The predicted molar refractivity (Wildman–Crippen MR) is 66.2 cm³/mol. The van der Waals surface area contributed by atoms with Crippen LogP contribution in [-0.4, -0.2) is 41.6 Å². The molecule has 1 aromatic rings. The van der Waals surface area contributed by atoms with Gasteiger partial charge < -0.3 is 14.7 Å². The third kappa shape index (κ3) is 2.72. The molecule has 1 aromatic heterocycles. The second kappa shape index (κ2) is 5.10. The minimum atomic E-state index is -0.00982. The third-order valence-corrected chi connectivity index (χ3v) is 3.83. The number of piperidine rings is 1. The smallest absolute Gasteiger partial charge is 0.276 e. The molecule has 0 aromatic carbocycles. The van der Waals surface area contributed by atoms with Gasteiger partial charge in [-0.25, -0.2) is 0 Å². The summed E-state index contributed by atoms with van der Waals surface area (Å²) in [5.74, 6) is 0.907. The molecule has 98 valence electrons. The first kappa shape index (κ1) is 11.7. The molecule has 2 fully saturated rings. The van der Waals surface area contributed by atoms with Crippen molar-refractivity contribution in [1.82, 2.24) is 15.4 Å². The van der Waals surface area contributed by atoms with Crippen molar-refractivity contribution < 1.29 is 9.32 Å². The first-order valence-electron chi connectivity index (χ1n) is 6.76. The number of hydrogen-bond acceptors (Lipinski definition) is 4. The van der Waals surface area contributed by atoms with Gasteiger partial charge >= 0.3 is 0 Å². The van der Waals surface area contributed by atoms with Crippen molar-refractivity contribution in [3.05, 3.63) is 18.0 Å². The molecule has 1 amide bonds. The van der Waals surface area contributed by atoms with Crippen molar-refractivity contribution in [1.29, 1.82) is 0 Å². The van der Waals surface area contributed by atoms with Crippen molar-refractivity contribution in [2.75, 3.05) is 19.6 Å². The Morgan fingerprint density at radius 3 is 2.78 bits per heavy atom. The zero-order chi connectivity index (χ0) is 12.4. The van der Waals surface area contributed by atoms with Crippen LogP contribution in [0, 0.1) is 5.92 Å². The van der Waals surface area contributed by atoms with Crippen LogP contribution in [0.15, 0.2) is 16.9 Å². The summed E-state index contributed by atoms with van der Waals surface area (Å²) in [6.45, 7) is 2.78. The number of hydrogen-bond donors (Lipinski definition) is 1. The van der Waals surface area contributed by atoms with Gasteiger partial charge in [0.25, 0.3) is 5.91 Å². The van der Waals surface area contributed by atoms with Gasteiger partial charge in [-0.15, -0.1) is 0 Å². The highest BCUT2D eigenvalue weighted by atomic mass is 16.5. The van der Waals surface area contributed by atoms with Crippen molar-refractivity contribution in [2.45, 2.75) is 31.7 Å². The summed E-state index contributed by atoms with van der Waals surface area (Å²) in [7, 11) is 0. The first-order valence-corrected chi connectivity index (χ1v) is 6.76. The Balaban J connectivity index is 1.45. The molecular formula is C13H19N3O2. The van der Waals surface area contributed by atoms with Crippen LogP contribution in [0.5, 0.6) is 0 Å². The highest BCUT2D eigenvalue weighted by Crippen LogP contribution is 2.28. The maximum atomic E-state index is 12.0. The number of carbonyl (C=O) groups is 1. The monoisotopic (exact) mass is 249 g/mol. The predicted octanol–water partition coefficient (Wildman–Crippen LogP) is 1.28. The molecule has 2 aliphatic rings. The lowest BCUT2D eigenvalue weighted by Crippen LogP contribution is -2.45. The fourth-order valence-corrected chi connectivity index (χ4v) is 2.43.